The van der Waals surface area contributed by atoms with Gasteiger partial charge in [0, 0.05) is 11.8 Å². The summed E-state index contributed by atoms with van der Waals surface area (Å²) in [5, 5.41) is 6.78. The van der Waals surface area contributed by atoms with E-state index in [0.29, 0.717) is 11.3 Å². The second kappa shape index (κ2) is 7.96. The van der Waals surface area contributed by atoms with E-state index in [0.717, 1.165) is 43.0 Å². The molecule has 0 spiro atoms. The third-order valence-electron chi connectivity index (χ3n) is 5.26. The van der Waals surface area contributed by atoms with Crippen LogP contribution in [0.1, 0.15) is 15.9 Å². The van der Waals surface area contributed by atoms with E-state index in [9.17, 15) is 4.79 Å². The summed E-state index contributed by atoms with van der Waals surface area (Å²) in [5.41, 5.74) is 7.38. The molecular formula is C22H26N5O+. The minimum atomic E-state index is -0.111. The highest BCUT2D eigenvalue weighted by Crippen LogP contribution is 2.26. The van der Waals surface area contributed by atoms with Crippen LogP contribution in [0.25, 0.3) is 16.9 Å². The second-order valence-electron chi connectivity index (χ2n) is 7.37. The van der Waals surface area contributed by atoms with Crippen molar-refractivity contribution < 1.29 is 9.69 Å². The fourth-order valence-corrected chi connectivity index (χ4v) is 3.49. The van der Waals surface area contributed by atoms with E-state index in [2.05, 4.69) is 12.5 Å². The number of para-hydroxylation sites is 1. The maximum absolute atomic E-state index is 13.1. The quantitative estimate of drug-likeness (QED) is 0.722. The Morgan fingerprint density at radius 3 is 2.43 bits per heavy atom. The van der Waals surface area contributed by atoms with E-state index in [-0.39, 0.29) is 5.91 Å². The number of aryl methyl sites for hydroxylation is 1. The normalized spacial score (nSPS) is 15.5. The van der Waals surface area contributed by atoms with Gasteiger partial charge in [0.25, 0.3) is 5.91 Å². The molecule has 0 saturated carbocycles. The van der Waals surface area contributed by atoms with Crippen molar-refractivity contribution in [1.29, 1.82) is 0 Å². The Hall–Kier alpha value is -2.96. The molecule has 1 amide bonds. The van der Waals surface area contributed by atoms with Crippen LogP contribution in [0.15, 0.2) is 60.8 Å². The molecule has 1 aliphatic heterocycles. The first kappa shape index (κ1) is 18.4. The van der Waals surface area contributed by atoms with E-state index >= 15 is 0 Å². The summed E-state index contributed by atoms with van der Waals surface area (Å²) in [6.45, 7) is 5.79. The Balaban J connectivity index is 1.69. The lowest BCUT2D eigenvalue weighted by Gasteiger charge is -2.30. The average Bonchev–Trinajstić information content (AvgIpc) is 3.16. The molecule has 0 bridgehead atoms. The molecule has 0 unspecified atom stereocenters. The summed E-state index contributed by atoms with van der Waals surface area (Å²) in [4.78, 5) is 14.6. The maximum atomic E-state index is 13.1. The van der Waals surface area contributed by atoms with E-state index in [1.165, 1.54) is 4.90 Å². The van der Waals surface area contributed by atoms with Crippen LogP contribution in [0.5, 0.6) is 0 Å². The largest absolute Gasteiger partial charge is 0.335 e. The average molecular weight is 376 g/mol. The molecule has 0 aliphatic carbocycles. The Morgan fingerprint density at radius 2 is 1.71 bits per heavy atom. The third kappa shape index (κ3) is 3.83. The van der Waals surface area contributed by atoms with E-state index < -0.39 is 0 Å². The van der Waals surface area contributed by atoms with Crippen molar-refractivity contribution >= 4 is 5.91 Å². The lowest BCUT2D eigenvalue weighted by Crippen LogP contribution is -3.12. The monoisotopic (exact) mass is 376 g/mol. The van der Waals surface area contributed by atoms with Crippen molar-refractivity contribution in [3.05, 3.63) is 71.9 Å². The molecule has 28 heavy (non-hydrogen) atoms. The number of quaternary nitrogens is 1. The zero-order chi connectivity index (χ0) is 19.5. The lowest BCUT2D eigenvalue weighted by atomic mass is 10.0. The minimum Gasteiger partial charge on any atom is -0.335 e. The second-order valence-corrected chi connectivity index (χ2v) is 7.37. The summed E-state index contributed by atoms with van der Waals surface area (Å²) in [5.74, 6) is -0.111. The molecule has 4 rings (SSSR count). The number of hydrogen-bond donors (Lipinski definition) is 2. The zero-order valence-electron chi connectivity index (χ0n) is 16.4. The van der Waals surface area contributed by atoms with Crippen LogP contribution in [0.3, 0.4) is 0 Å². The number of nitrogens with zero attached hydrogens (tertiary/aromatic N) is 3. The summed E-state index contributed by atoms with van der Waals surface area (Å²) < 4.78 is 1.78. The smallest absolute Gasteiger partial charge is 0.269 e. The summed E-state index contributed by atoms with van der Waals surface area (Å²) in [7, 11) is 2.18. The summed E-state index contributed by atoms with van der Waals surface area (Å²) in [6.07, 6.45) is 1.83. The molecule has 2 aromatic carbocycles. The van der Waals surface area contributed by atoms with Crippen molar-refractivity contribution in [3.63, 3.8) is 0 Å². The standard InChI is InChI=1S/C22H25N5O/c1-17-8-6-7-11-19(17)21-20(16-27(23-21)18-9-4-3-5-10-18)22(28)24-26-14-12-25(2)13-15-26/h3-11,16H,12-15H2,1-2H3,(H,24,28)/p+1. The molecule has 2 N–H and O–H groups in total. The first-order chi connectivity index (χ1) is 13.6. The number of aromatic nitrogens is 2. The van der Waals surface area contributed by atoms with Gasteiger partial charge in [-0.2, -0.15) is 5.10 Å². The van der Waals surface area contributed by atoms with Gasteiger partial charge in [-0.1, -0.05) is 42.5 Å². The van der Waals surface area contributed by atoms with Crippen molar-refractivity contribution in [3.8, 4) is 16.9 Å². The summed E-state index contributed by atoms with van der Waals surface area (Å²) >= 11 is 0. The number of carbonyl (C=O) groups is 1. The van der Waals surface area contributed by atoms with Gasteiger partial charge in [-0.3, -0.25) is 10.2 Å². The highest BCUT2D eigenvalue weighted by atomic mass is 16.2. The predicted octanol–water partition coefficient (Wildman–Crippen LogP) is 1.32. The molecule has 1 aliphatic rings. The first-order valence-corrected chi connectivity index (χ1v) is 9.70. The summed E-state index contributed by atoms with van der Waals surface area (Å²) in [6, 6.07) is 17.9. The Bertz CT molecular complexity index is 958. The van der Waals surface area contributed by atoms with Gasteiger partial charge in [-0.05, 0) is 24.6 Å². The molecule has 1 saturated heterocycles. The molecule has 3 aromatic rings. The van der Waals surface area contributed by atoms with Crippen LogP contribution in [-0.2, 0) is 0 Å². The number of carbonyl (C=O) groups excluding carboxylic acids is 1. The van der Waals surface area contributed by atoms with Gasteiger partial charge in [0.2, 0.25) is 0 Å². The van der Waals surface area contributed by atoms with Gasteiger partial charge < -0.3 is 4.90 Å². The maximum Gasteiger partial charge on any atom is 0.269 e. The van der Waals surface area contributed by atoms with Crippen LogP contribution >= 0.6 is 0 Å². The number of rotatable bonds is 4. The van der Waals surface area contributed by atoms with Gasteiger partial charge in [-0.15, -0.1) is 0 Å². The van der Waals surface area contributed by atoms with Crippen LogP contribution in [0.2, 0.25) is 0 Å². The Labute approximate surface area is 165 Å². The number of amides is 1. The Morgan fingerprint density at radius 1 is 1.04 bits per heavy atom. The number of piperazine rings is 1. The minimum absolute atomic E-state index is 0.111. The number of hydrazine groups is 1. The SMILES string of the molecule is Cc1ccccc1-c1nn(-c2ccccc2)cc1C(=O)NN1CC[NH+](C)CC1. The van der Waals surface area contributed by atoms with Crippen molar-refractivity contribution in [1.82, 2.24) is 20.2 Å². The lowest BCUT2D eigenvalue weighted by molar-refractivity contribution is -0.884. The molecule has 6 heteroatoms. The molecule has 1 aromatic heterocycles. The molecule has 144 valence electrons. The number of benzene rings is 2. The van der Waals surface area contributed by atoms with Crippen LogP contribution in [-0.4, -0.2) is 53.9 Å². The van der Waals surface area contributed by atoms with E-state index in [1.54, 1.807) is 4.68 Å². The van der Waals surface area contributed by atoms with Gasteiger partial charge in [0.1, 0.15) is 5.69 Å². The van der Waals surface area contributed by atoms with Gasteiger partial charge in [0.15, 0.2) is 0 Å². The van der Waals surface area contributed by atoms with Crippen LogP contribution < -0.4 is 10.3 Å². The van der Waals surface area contributed by atoms with Crippen molar-refractivity contribution in [2.45, 2.75) is 6.92 Å². The molecule has 6 nitrogen and oxygen atoms in total. The highest BCUT2D eigenvalue weighted by Gasteiger charge is 2.23. The van der Waals surface area contributed by atoms with Crippen LogP contribution in [0, 0.1) is 6.92 Å². The predicted molar refractivity (Wildman–Crippen MR) is 109 cm³/mol. The van der Waals surface area contributed by atoms with Crippen LogP contribution in [0.4, 0.5) is 0 Å². The topological polar surface area (TPSA) is 54.6 Å². The fraction of sp³-hybridized carbons (Fsp3) is 0.273. The Kier molecular flexibility index (Phi) is 5.23. The highest BCUT2D eigenvalue weighted by molar-refractivity contribution is 6.00. The van der Waals surface area contributed by atoms with Gasteiger partial charge in [0.05, 0.1) is 44.5 Å². The van der Waals surface area contributed by atoms with Gasteiger partial charge >= 0.3 is 0 Å². The van der Waals surface area contributed by atoms with Gasteiger partial charge in [-0.25, -0.2) is 9.69 Å². The van der Waals surface area contributed by atoms with Crippen molar-refractivity contribution in [2.24, 2.45) is 0 Å². The number of hydrogen-bond acceptors (Lipinski definition) is 3. The van der Waals surface area contributed by atoms with Crippen molar-refractivity contribution in [2.75, 3.05) is 33.2 Å². The molecule has 1 fully saturated rings. The first-order valence-electron chi connectivity index (χ1n) is 9.70. The number of nitrogens with one attached hydrogen (secondary N) is 2. The molecule has 0 radical (unpaired) electrons. The molecule has 2 heterocycles. The fourth-order valence-electron chi connectivity index (χ4n) is 3.49. The van der Waals surface area contributed by atoms with E-state index in [1.807, 2.05) is 72.7 Å². The molecular weight excluding hydrogens is 350 g/mol. The number of likely N-dealkylation sites (N-methyl/N-ethyl adjacent to an activating group) is 1. The molecule has 0 atom stereocenters. The zero-order valence-corrected chi connectivity index (χ0v) is 16.4. The third-order valence-corrected chi connectivity index (χ3v) is 5.26. The van der Waals surface area contributed by atoms with E-state index in [4.69, 9.17) is 5.10 Å².